The van der Waals surface area contributed by atoms with Crippen LogP contribution in [0.3, 0.4) is 0 Å². The summed E-state index contributed by atoms with van der Waals surface area (Å²) in [5, 5.41) is 11.7. The van der Waals surface area contributed by atoms with E-state index >= 15 is 0 Å². The van der Waals surface area contributed by atoms with E-state index in [1.807, 2.05) is 0 Å². The Morgan fingerprint density at radius 3 is 2.82 bits per heavy atom. The lowest BCUT2D eigenvalue weighted by Gasteiger charge is -2.38. The lowest BCUT2D eigenvalue weighted by molar-refractivity contribution is -0.145. The van der Waals surface area contributed by atoms with Crippen molar-refractivity contribution in [3.05, 3.63) is 42.7 Å². The molecule has 1 saturated heterocycles. The molecule has 0 radical (unpaired) electrons. The van der Waals surface area contributed by atoms with Crippen molar-refractivity contribution in [1.29, 1.82) is 0 Å². The van der Waals surface area contributed by atoms with Gasteiger partial charge in [-0.1, -0.05) is 6.42 Å². The Labute approximate surface area is 146 Å². The highest BCUT2D eigenvalue weighted by Gasteiger charge is 2.36. The quantitative estimate of drug-likeness (QED) is 0.793. The zero-order chi connectivity index (χ0) is 15.7. The molecular formula is C16H18BrNO2S2. The average molecular weight is 400 g/mol. The molecule has 1 N–H and O–H groups in total. The fraction of sp³-hybridized carbons (Fsp3) is 0.438. The summed E-state index contributed by atoms with van der Waals surface area (Å²) < 4.78 is 1.09. The topological polar surface area (TPSA) is 40.5 Å². The minimum Gasteiger partial charge on any atom is -0.480 e. The van der Waals surface area contributed by atoms with Gasteiger partial charge in [0.25, 0.3) is 0 Å². The van der Waals surface area contributed by atoms with Crippen LogP contribution in [0.1, 0.15) is 40.6 Å². The maximum absolute atomic E-state index is 11.7. The van der Waals surface area contributed by atoms with Gasteiger partial charge in [-0.05, 0) is 71.4 Å². The van der Waals surface area contributed by atoms with Gasteiger partial charge in [0.1, 0.15) is 6.04 Å². The van der Waals surface area contributed by atoms with Crippen LogP contribution in [0.2, 0.25) is 0 Å². The van der Waals surface area contributed by atoms with Gasteiger partial charge >= 0.3 is 5.97 Å². The van der Waals surface area contributed by atoms with Gasteiger partial charge in [-0.25, -0.2) is 0 Å². The number of carbonyl (C=O) groups is 1. The van der Waals surface area contributed by atoms with E-state index in [1.165, 1.54) is 15.3 Å². The molecule has 3 rings (SSSR count). The molecule has 3 nitrogen and oxygen atoms in total. The first-order valence-electron chi connectivity index (χ1n) is 7.35. The van der Waals surface area contributed by atoms with E-state index in [1.54, 1.807) is 22.7 Å². The molecule has 2 aromatic rings. The molecule has 1 aliphatic rings. The van der Waals surface area contributed by atoms with Crippen LogP contribution in [-0.4, -0.2) is 28.6 Å². The minimum absolute atomic E-state index is 0.0534. The number of aliphatic carboxylic acids is 1. The van der Waals surface area contributed by atoms with Crippen LogP contribution < -0.4 is 0 Å². The number of thiophene rings is 2. The van der Waals surface area contributed by atoms with Crippen molar-refractivity contribution in [2.24, 2.45) is 0 Å². The van der Waals surface area contributed by atoms with E-state index in [4.69, 9.17) is 0 Å². The third kappa shape index (κ3) is 3.15. The minimum atomic E-state index is -0.700. The fourth-order valence-corrected chi connectivity index (χ4v) is 5.80. The first kappa shape index (κ1) is 16.2. The molecule has 0 amide bonds. The Bertz CT molecular complexity index is 667. The number of hydrogen-bond acceptors (Lipinski definition) is 4. The second-order valence-corrected chi connectivity index (χ2v) is 9.04. The lowest BCUT2D eigenvalue weighted by Crippen LogP contribution is -2.46. The first-order chi connectivity index (χ1) is 10.6. The van der Waals surface area contributed by atoms with Gasteiger partial charge in [-0.3, -0.25) is 9.69 Å². The SMILES string of the molecule is Cc1ccsc1C(c1ccc(Br)s1)N1CCCCC1C(=O)O. The molecule has 0 aromatic carbocycles. The van der Waals surface area contributed by atoms with Gasteiger partial charge in [0, 0.05) is 9.75 Å². The number of aryl methyl sites for hydroxylation is 1. The van der Waals surface area contributed by atoms with E-state index in [0.717, 1.165) is 29.6 Å². The van der Waals surface area contributed by atoms with Crippen molar-refractivity contribution in [3.8, 4) is 0 Å². The number of carboxylic acid groups (broad SMARTS) is 1. The maximum atomic E-state index is 11.7. The molecule has 2 atom stereocenters. The molecule has 1 fully saturated rings. The van der Waals surface area contributed by atoms with Crippen LogP contribution in [0, 0.1) is 6.92 Å². The predicted octanol–water partition coefficient (Wildman–Crippen LogP) is 4.91. The monoisotopic (exact) mass is 399 g/mol. The molecule has 6 heteroatoms. The Hall–Kier alpha value is -0.690. The molecule has 0 aliphatic carbocycles. The van der Waals surface area contributed by atoms with E-state index in [-0.39, 0.29) is 12.1 Å². The number of hydrogen-bond donors (Lipinski definition) is 1. The molecule has 0 bridgehead atoms. The Kier molecular flexibility index (Phi) is 5.02. The summed E-state index contributed by atoms with van der Waals surface area (Å²) in [6.45, 7) is 2.95. The maximum Gasteiger partial charge on any atom is 0.320 e. The Balaban J connectivity index is 2.04. The van der Waals surface area contributed by atoms with Crippen molar-refractivity contribution in [3.63, 3.8) is 0 Å². The third-order valence-electron chi connectivity index (χ3n) is 4.17. The van der Waals surface area contributed by atoms with Crippen LogP contribution in [-0.2, 0) is 4.79 Å². The number of carboxylic acids is 1. The first-order valence-corrected chi connectivity index (χ1v) is 9.84. The number of nitrogens with zero attached hydrogens (tertiary/aromatic N) is 1. The van der Waals surface area contributed by atoms with Crippen molar-refractivity contribution in [2.45, 2.75) is 38.3 Å². The Morgan fingerprint density at radius 2 is 2.23 bits per heavy atom. The number of rotatable bonds is 4. The molecule has 0 saturated carbocycles. The summed E-state index contributed by atoms with van der Waals surface area (Å²) in [4.78, 5) is 16.4. The molecule has 118 valence electrons. The lowest BCUT2D eigenvalue weighted by atomic mass is 9.97. The summed E-state index contributed by atoms with van der Waals surface area (Å²) in [5.74, 6) is -0.700. The van der Waals surface area contributed by atoms with Crippen LogP contribution in [0.25, 0.3) is 0 Å². The van der Waals surface area contributed by atoms with Gasteiger partial charge in [0.15, 0.2) is 0 Å². The summed E-state index contributed by atoms with van der Waals surface area (Å²) in [6.07, 6.45) is 2.80. The zero-order valence-corrected chi connectivity index (χ0v) is 15.5. The molecule has 0 spiro atoms. The smallest absolute Gasteiger partial charge is 0.320 e. The van der Waals surface area contributed by atoms with Gasteiger partial charge in [0.05, 0.1) is 9.83 Å². The number of likely N-dealkylation sites (tertiary alicyclic amines) is 1. The molecule has 2 unspecified atom stereocenters. The Morgan fingerprint density at radius 1 is 1.41 bits per heavy atom. The summed E-state index contributed by atoms with van der Waals surface area (Å²) in [5.41, 5.74) is 1.24. The third-order valence-corrected chi connectivity index (χ3v) is 6.92. The molecule has 3 heterocycles. The largest absolute Gasteiger partial charge is 0.480 e. The number of piperidine rings is 1. The normalized spacial score (nSPS) is 20.9. The van der Waals surface area contributed by atoms with E-state index < -0.39 is 5.97 Å². The predicted molar refractivity (Wildman–Crippen MR) is 94.9 cm³/mol. The summed E-state index contributed by atoms with van der Waals surface area (Å²) >= 11 is 6.96. The van der Waals surface area contributed by atoms with Crippen molar-refractivity contribution in [1.82, 2.24) is 4.90 Å². The molecule has 2 aromatic heterocycles. The highest BCUT2D eigenvalue weighted by molar-refractivity contribution is 9.11. The van der Waals surface area contributed by atoms with Gasteiger partial charge in [-0.2, -0.15) is 0 Å². The zero-order valence-electron chi connectivity index (χ0n) is 12.3. The van der Waals surface area contributed by atoms with Crippen LogP contribution in [0.15, 0.2) is 27.4 Å². The molecule has 22 heavy (non-hydrogen) atoms. The number of halogens is 1. The highest BCUT2D eigenvalue weighted by Crippen LogP contribution is 2.41. The summed E-state index contributed by atoms with van der Waals surface area (Å²) in [6, 6.07) is 5.95. The standard InChI is InChI=1S/C16H18BrNO2S2/c1-10-7-9-21-15(10)14(12-5-6-13(17)22-12)18-8-3-2-4-11(18)16(19)20/h5-7,9,11,14H,2-4,8H2,1H3,(H,19,20). The second-order valence-electron chi connectivity index (χ2n) is 5.60. The fourth-order valence-electron chi connectivity index (χ4n) is 3.11. The van der Waals surface area contributed by atoms with E-state index in [9.17, 15) is 9.90 Å². The molecule has 1 aliphatic heterocycles. The second kappa shape index (κ2) is 6.83. The van der Waals surface area contributed by atoms with E-state index in [2.05, 4.69) is 51.3 Å². The average Bonchev–Trinajstić information content (AvgIpc) is 3.10. The molecular weight excluding hydrogens is 382 g/mol. The van der Waals surface area contributed by atoms with Gasteiger partial charge < -0.3 is 5.11 Å². The van der Waals surface area contributed by atoms with Crippen LogP contribution in [0.4, 0.5) is 0 Å². The highest BCUT2D eigenvalue weighted by atomic mass is 79.9. The van der Waals surface area contributed by atoms with E-state index in [0.29, 0.717) is 0 Å². The van der Waals surface area contributed by atoms with Gasteiger partial charge in [-0.15, -0.1) is 22.7 Å². The van der Waals surface area contributed by atoms with Gasteiger partial charge in [0.2, 0.25) is 0 Å². The van der Waals surface area contributed by atoms with Crippen molar-refractivity contribution in [2.75, 3.05) is 6.54 Å². The van der Waals surface area contributed by atoms with Crippen molar-refractivity contribution >= 4 is 44.6 Å². The summed E-state index contributed by atoms with van der Waals surface area (Å²) in [7, 11) is 0. The van der Waals surface area contributed by atoms with Crippen LogP contribution >= 0.6 is 38.6 Å². The van der Waals surface area contributed by atoms with Crippen molar-refractivity contribution < 1.29 is 9.90 Å². The van der Waals surface area contributed by atoms with Crippen LogP contribution in [0.5, 0.6) is 0 Å².